The fraction of sp³-hybridized carbons (Fsp3) is 0.400. The van der Waals surface area contributed by atoms with E-state index in [1.54, 1.807) is 6.92 Å². The van der Waals surface area contributed by atoms with Crippen LogP contribution in [0.2, 0.25) is 0 Å². The number of hydrogen-bond donors (Lipinski definition) is 0. The van der Waals surface area contributed by atoms with E-state index >= 15 is 0 Å². The van der Waals surface area contributed by atoms with Gasteiger partial charge in [0.1, 0.15) is 0 Å². The molecular formula is C10H11BrN2O5. The summed E-state index contributed by atoms with van der Waals surface area (Å²) >= 11 is 3.12. The van der Waals surface area contributed by atoms with Crippen LogP contribution in [0.15, 0.2) is 16.7 Å². The molecule has 1 unspecified atom stereocenters. The number of hydrogen-bond acceptors (Lipinski definition) is 6. The van der Waals surface area contributed by atoms with Crippen LogP contribution in [0.1, 0.15) is 13.8 Å². The van der Waals surface area contributed by atoms with Crippen LogP contribution in [0.3, 0.4) is 0 Å². The van der Waals surface area contributed by atoms with E-state index < -0.39 is 22.8 Å². The van der Waals surface area contributed by atoms with E-state index in [9.17, 15) is 14.9 Å². The Hall–Kier alpha value is -1.70. The first-order valence-corrected chi connectivity index (χ1v) is 5.88. The number of pyridine rings is 1. The number of aromatic nitrogens is 1. The van der Waals surface area contributed by atoms with E-state index in [0.717, 1.165) is 0 Å². The molecule has 0 radical (unpaired) electrons. The van der Waals surface area contributed by atoms with Gasteiger partial charge in [-0.1, -0.05) is 0 Å². The summed E-state index contributed by atoms with van der Waals surface area (Å²) in [4.78, 5) is 25.0. The Kier molecular flexibility index (Phi) is 5.02. The van der Waals surface area contributed by atoms with E-state index in [1.807, 2.05) is 0 Å². The van der Waals surface area contributed by atoms with Crippen molar-refractivity contribution in [3.8, 4) is 5.75 Å². The molecule has 0 saturated heterocycles. The van der Waals surface area contributed by atoms with Gasteiger partial charge >= 0.3 is 11.8 Å². The molecule has 0 fully saturated rings. The molecule has 1 atom stereocenters. The third kappa shape index (κ3) is 3.66. The molecule has 98 valence electrons. The standard InChI is InChI=1S/C10H11BrN2O5/c1-3-17-10(14)6(2)18-8-4-7(11)5-12-9(8)13(15)16/h4-6H,3H2,1-2H3. The Morgan fingerprint density at radius 1 is 1.67 bits per heavy atom. The minimum atomic E-state index is -0.945. The van der Waals surface area contributed by atoms with Gasteiger partial charge in [-0.05, 0) is 39.7 Å². The number of rotatable bonds is 5. The second kappa shape index (κ2) is 6.29. The Morgan fingerprint density at radius 2 is 2.33 bits per heavy atom. The number of nitro groups is 1. The van der Waals surface area contributed by atoms with Crippen molar-refractivity contribution in [2.45, 2.75) is 20.0 Å². The van der Waals surface area contributed by atoms with Gasteiger partial charge in [0.15, 0.2) is 12.3 Å². The molecule has 8 heteroatoms. The molecule has 1 aromatic heterocycles. The fourth-order valence-electron chi connectivity index (χ4n) is 1.14. The predicted molar refractivity (Wildman–Crippen MR) is 65.3 cm³/mol. The molecule has 0 aliphatic heterocycles. The molecule has 0 N–H and O–H groups in total. The van der Waals surface area contributed by atoms with E-state index in [4.69, 9.17) is 9.47 Å². The van der Waals surface area contributed by atoms with Crippen LogP contribution in [0.4, 0.5) is 5.82 Å². The van der Waals surface area contributed by atoms with Crippen LogP contribution < -0.4 is 4.74 Å². The molecule has 1 heterocycles. The Labute approximate surface area is 111 Å². The first-order chi connectivity index (χ1) is 8.45. The summed E-state index contributed by atoms with van der Waals surface area (Å²) in [5.74, 6) is -1.13. The van der Waals surface area contributed by atoms with Gasteiger partial charge in [0.25, 0.3) is 0 Å². The lowest BCUT2D eigenvalue weighted by Gasteiger charge is -2.12. The van der Waals surface area contributed by atoms with E-state index in [2.05, 4.69) is 20.9 Å². The third-order valence-corrected chi connectivity index (χ3v) is 2.33. The maximum Gasteiger partial charge on any atom is 0.406 e. The molecule has 0 saturated carbocycles. The van der Waals surface area contributed by atoms with Crippen molar-refractivity contribution in [3.63, 3.8) is 0 Å². The molecule has 0 aliphatic carbocycles. The Morgan fingerprint density at radius 3 is 2.89 bits per heavy atom. The smallest absolute Gasteiger partial charge is 0.406 e. The van der Waals surface area contributed by atoms with Gasteiger partial charge in [0, 0.05) is 6.07 Å². The Bertz CT molecular complexity index is 466. The lowest BCUT2D eigenvalue weighted by molar-refractivity contribution is -0.390. The minimum Gasteiger partial charge on any atom is -0.471 e. The zero-order valence-electron chi connectivity index (χ0n) is 9.75. The maximum atomic E-state index is 11.4. The summed E-state index contributed by atoms with van der Waals surface area (Å²) < 4.78 is 10.4. The van der Waals surface area contributed by atoms with Crippen molar-refractivity contribution in [1.82, 2.24) is 4.98 Å². The van der Waals surface area contributed by atoms with Gasteiger partial charge in [0.05, 0.1) is 11.1 Å². The SMILES string of the molecule is CCOC(=O)C(C)Oc1cc(Br)cnc1[N+](=O)[O-]. The first kappa shape index (κ1) is 14.4. The maximum absolute atomic E-state index is 11.4. The fourth-order valence-corrected chi connectivity index (χ4v) is 1.45. The molecule has 0 aromatic carbocycles. The van der Waals surface area contributed by atoms with E-state index in [0.29, 0.717) is 4.47 Å². The van der Waals surface area contributed by atoms with Crippen molar-refractivity contribution in [1.29, 1.82) is 0 Å². The average molecular weight is 319 g/mol. The van der Waals surface area contributed by atoms with Crippen molar-refractivity contribution in [2.75, 3.05) is 6.61 Å². The zero-order valence-corrected chi connectivity index (χ0v) is 11.3. The second-order valence-electron chi connectivity index (χ2n) is 3.24. The van der Waals surface area contributed by atoms with Crippen LogP contribution in [-0.4, -0.2) is 28.6 Å². The predicted octanol–water partition coefficient (Wildman–Crippen LogP) is 2.08. The third-order valence-electron chi connectivity index (χ3n) is 1.89. The highest BCUT2D eigenvalue weighted by atomic mass is 79.9. The van der Waals surface area contributed by atoms with Gasteiger partial charge in [-0.2, -0.15) is 0 Å². The molecule has 1 rings (SSSR count). The van der Waals surface area contributed by atoms with Crippen LogP contribution >= 0.6 is 15.9 Å². The highest BCUT2D eigenvalue weighted by Crippen LogP contribution is 2.28. The molecule has 0 bridgehead atoms. The minimum absolute atomic E-state index is 0.0880. The summed E-state index contributed by atoms with van der Waals surface area (Å²) in [5, 5.41) is 10.7. The van der Waals surface area contributed by atoms with Gasteiger partial charge in [0.2, 0.25) is 5.75 Å². The molecule has 18 heavy (non-hydrogen) atoms. The van der Waals surface area contributed by atoms with Crippen LogP contribution in [0.25, 0.3) is 0 Å². The van der Waals surface area contributed by atoms with Crippen LogP contribution in [0, 0.1) is 10.1 Å². The zero-order chi connectivity index (χ0) is 13.7. The summed E-state index contributed by atoms with van der Waals surface area (Å²) in [6.07, 6.45) is 0.333. The molecule has 0 amide bonds. The second-order valence-corrected chi connectivity index (χ2v) is 4.16. The van der Waals surface area contributed by atoms with Crippen molar-refractivity contribution in [2.24, 2.45) is 0 Å². The van der Waals surface area contributed by atoms with Crippen molar-refractivity contribution < 1.29 is 19.2 Å². The largest absolute Gasteiger partial charge is 0.471 e. The Balaban J connectivity index is 2.92. The van der Waals surface area contributed by atoms with Gasteiger partial charge in [-0.3, -0.25) is 0 Å². The highest BCUT2D eigenvalue weighted by molar-refractivity contribution is 9.10. The van der Waals surface area contributed by atoms with Gasteiger partial charge < -0.3 is 19.6 Å². The van der Waals surface area contributed by atoms with Crippen molar-refractivity contribution in [3.05, 3.63) is 26.9 Å². The number of ether oxygens (including phenoxy) is 2. The molecule has 1 aromatic rings. The van der Waals surface area contributed by atoms with Crippen molar-refractivity contribution >= 4 is 27.7 Å². The number of halogens is 1. The molecule has 7 nitrogen and oxygen atoms in total. The molecular weight excluding hydrogens is 308 g/mol. The first-order valence-electron chi connectivity index (χ1n) is 5.09. The van der Waals surface area contributed by atoms with Crippen LogP contribution in [-0.2, 0) is 9.53 Å². The molecule has 0 aliphatic rings. The average Bonchev–Trinajstić information content (AvgIpc) is 2.28. The van der Waals surface area contributed by atoms with Gasteiger partial charge in [-0.25, -0.2) is 4.79 Å². The number of esters is 1. The summed E-state index contributed by atoms with van der Waals surface area (Å²) in [5.41, 5.74) is 0. The summed E-state index contributed by atoms with van der Waals surface area (Å²) in [6, 6.07) is 1.38. The van der Waals surface area contributed by atoms with E-state index in [-0.39, 0.29) is 12.4 Å². The normalized spacial score (nSPS) is 11.7. The monoisotopic (exact) mass is 318 g/mol. The number of nitrogens with zero attached hydrogens (tertiary/aromatic N) is 2. The summed E-state index contributed by atoms with van der Waals surface area (Å²) in [6.45, 7) is 3.32. The van der Waals surface area contributed by atoms with E-state index in [1.165, 1.54) is 19.2 Å². The lowest BCUT2D eigenvalue weighted by Crippen LogP contribution is -2.26. The number of carbonyl (C=O) groups is 1. The lowest BCUT2D eigenvalue weighted by atomic mass is 10.4. The number of carbonyl (C=O) groups excluding carboxylic acids is 1. The molecule has 0 spiro atoms. The summed E-state index contributed by atoms with van der Waals surface area (Å²) in [7, 11) is 0. The topological polar surface area (TPSA) is 91.6 Å². The van der Waals surface area contributed by atoms with Crippen LogP contribution in [0.5, 0.6) is 5.75 Å². The quantitative estimate of drug-likeness (QED) is 0.469. The van der Waals surface area contributed by atoms with Gasteiger partial charge in [-0.15, -0.1) is 0 Å². The highest BCUT2D eigenvalue weighted by Gasteiger charge is 2.23.